The van der Waals surface area contributed by atoms with Gasteiger partial charge in [-0.25, -0.2) is 9.18 Å². The van der Waals surface area contributed by atoms with Crippen LogP contribution in [0, 0.1) is 9.39 Å². The van der Waals surface area contributed by atoms with E-state index in [2.05, 4.69) is 5.32 Å². The van der Waals surface area contributed by atoms with Crippen LogP contribution in [0.25, 0.3) is 0 Å². The molecule has 0 aliphatic rings. The molecule has 0 aliphatic carbocycles. The maximum absolute atomic E-state index is 13.1. The van der Waals surface area contributed by atoms with Gasteiger partial charge in [-0.3, -0.25) is 0 Å². The highest BCUT2D eigenvalue weighted by molar-refractivity contribution is 14.1. The average molecular weight is 323 g/mol. The van der Waals surface area contributed by atoms with Crippen molar-refractivity contribution in [1.82, 2.24) is 0 Å². The molecule has 1 aromatic rings. The first-order valence-electron chi connectivity index (χ1n) is 4.49. The van der Waals surface area contributed by atoms with Crippen LogP contribution in [-0.4, -0.2) is 17.1 Å². The molecular formula is C10H11FINO2. The average Bonchev–Trinajstić information content (AvgIpc) is 2.19. The summed E-state index contributed by atoms with van der Waals surface area (Å²) in [6.45, 7) is 1.76. The predicted octanol–water partition coefficient (Wildman–Crippen LogP) is 2.71. The van der Waals surface area contributed by atoms with Crippen LogP contribution in [0.5, 0.6) is 0 Å². The summed E-state index contributed by atoms with van der Waals surface area (Å²) in [6, 6.07) is 3.87. The number of hydrogen-bond donors (Lipinski definition) is 2. The molecule has 3 nitrogen and oxygen atoms in total. The Morgan fingerprint density at radius 1 is 1.67 bits per heavy atom. The van der Waals surface area contributed by atoms with Gasteiger partial charge in [0.15, 0.2) is 0 Å². The molecule has 2 N–H and O–H groups in total. The van der Waals surface area contributed by atoms with Crippen molar-refractivity contribution in [3.05, 3.63) is 27.6 Å². The number of carbonyl (C=O) groups is 1. The number of benzene rings is 1. The number of carboxylic acids is 1. The van der Waals surface area contributed by atoms with Crippen molar-refractivity contribution in [3.63, 3.8) is 0 Å². The van der Waals surface area contributed by atoms with Gasteiger partial charge in [-0.15, -0.1) is 0 Å². The summed E-state index contributed by atoms with van der Waals surface area (Å²) in [7, 11) is 0. The quantitative estimate of drug-likeness (QED) is 0.838. The standard InChI is InChI=1S/C10H11FINO2/c1-2-7(10(14)15)13-8-5-3-4-6(11)9(8)12/h3-5,7,13H,2H2,1H3,(H,14,15). The lowest BCUT2D eigenvalue weighted by atomic mass is 10.2. The molecular weight excluding hydrogens is 312 g/mol. The second kappa shape index (κ2) is 5.29. The summed E-state index contributed by atoms with van der Waals surface area (Å²) in [4.78, 5) is 10.8. The smallest absolute Gasteiger partial charge is 0.326 e. The zero-order valence-corrected chi connectivity index (χ0v) is 10.3. The Hall–Kier alpha value is -0.850. The molecule has 1 aromatic carbocycles. The van der Waals surface area contributed by atoms with E-state index in [0.29, 0.717) is 15.7 Å². The van der Waals surface area contributed by atoms with E-state index in [-0.39, 0.29) is 5.82 Å². The van der Waals surface area contributed by atoms with Crippen LogP contribution in [0.1, 0.15) is 13.3 Å². The second-order valence-corrected chi connectivity index (χ2v) is 4.12. The lowest BCUT2D eigenvalue weighted by molar-refractivity contribution is -0.137. The topological polar surface area (TPSA) is 49.3 Å². The van der Waals surface area contributed by atoms with Crippen LogP contribution in [-0.2, 0) is 4.79 Å². The molecule has 0 amide bonds. The van der Waals surface area contributed by atoms with E-state index in [4.69, 9.17) is 5.11 Å². The zero-order chi connectivity index (χ0) is 11.4. The van der Waals surface area contributed by atoms with E-state index in [1.54, 1.807) is 19.1 Å². The Balaban J connectivity index is 2.88. The van der Waals surface area contributed by atoms with E-state index in [1.807, 2.05) is 22.6 Å². The Morgan fingerprint density at radius 2 is 2.33 bits per heavy atom. The molecule has 1 rings (SSSR count). The third-order valence-electron chi connectivity index (χ3n) is 1.99. The summed E-state index contributed by atoms with van der Waals surface area (Å²) in [6.07, 6.45) is 0.446. The summed E-state index contributed by atoms with van der Waals surface area (Å²) < 4.78 is 13.6. The van der Waals surface area contributed by atoms with Gasteiger partial charge >= 0.3 is 5.97 Å². The molecule has 0 heterocycles. The summed E-state index contributed by atoms with van der Waals surface area (Å²) in [5, 5.41) is 11.6. The van der Waals surface area contributed by atoms with E-state index in [1.165, 1.54) is 6.07 Å². The first-order chi connectivity index (χ1) is 7.06. The van der Waals surface area contributed by atoms with Crippen molar-refractivity contribution in [2.75, 3.05) is 5.32 Å². The van der Waals surface area contributed by atoms with Gasteiger partial charge in [0.05, 0.1) is 9.26 Å². The zero-order valence-electron chi connectivity index (χ0n) is 8.13. The maximum atomic E-state index is 13.1. The minimum atomic E-state index is -0.933. The molecule has 1 atom stereocenters. The molecule has 0 aliphatic heterocycles. The number of nitrogens with one attached hydrogen (secondary N) is 1. The van der Waals surface area contributed by atoms with Crippen LogP contribution in [0.4, 0.5) is 10.1 Å². The second-order valence-electron chi connectivity index (χ2n) is 3.04. The van der Waals surface area contributed by atoms with E-state index in [0.717, 1.165) is 0 Å². The van der Waals surface area contributed by atoms with Crippen molar-refractivity contribution >= 4 is 34.2 Å². The number of aliphatic carboxylic acids is 1. The maximum Gasteiger partial charge on any atom is 0.326 e. The van der Waals surface area contributed by atoms with Gasteiger partial charge in [0.1, 0.15) is 11.9 Å². The van der Waals surface area contributed by atoms with Gasteiger partial charge in [0.25, 0.3) is 0 Å². The molecule has 0 spiro atoms. The molecule has 5 heteroatoms. The number of carboxylic acid groups (broad SMARTS) is 1. The third-order valence-corrected chi connectivity index (χ3v) is 3.08. The van der Waals surface area contributed by atoms with Gasteiger partial charge in [0, 0.05) is 0 Å². The predicted molar refractivity (Wildman–Crippen MR) is 64.5 cm³/mol. The Morgan fingerprint density at radius 3 is 2.87 bits per heavy atom. The monoisotopic (exact) mass is 323 g/mol. The van der Waals surface area contributed by atoms with Crippen molar-refractivity contribution in [2.24, 2.45) is 0 Å². The molecule has 0 fully saturated rings. The molecule has 0 bridgehead atoms. The number of anilines is 1. The summed E-state index contributed by atoms with van der Waals surface area (Å²) in [5.74, 6) is -1.28. The molecule has 82 valence electrons. The lowest BCUT2D eigenvalue weighted by Crippen LogP contribution is -2.28. The van der Waals surface area contributed by atoms with Crippen molar-refractivity contribution in [2.45, 2.75) is 19.4 Å². The highest BCUT2D eigenvalue weighted by Crippen LogP contribution is 2.21. The normalized spacial score (nSPS) is 12.2. The van der Waals surface area contributed by atoms with E-state index in [9.17, 15) is 9.18 Å². The van der Waals surface area contributed by atoms with Crippen LogP contribution >= 0.6 is 22.6 Å². The first kappa shape index (κ1) is 12.2. The minimum absolute atomic E-state index is 0.346. The van der Waals surface area contributed by atoms with Crippen LogP contribution in [0.2, 0.25) is 0 Å². The fourth-order valence-electron chi connectivity index (χ4n) is 1.14. The largest absolute Gasteiger partial charge is 0.480 e. The van der Waals surface area contributed by atoms with E-state index < -0.39 is 12.0 Å². The number of halogens is 2. The van der Waals surface area contributed by atoms with Gasteiger partial charge in [-0.1, -0.05) is 13.0 Å². The van der Waals surface area contributed by atoms with Gasteiger partial charge < -0.3 is 10.4 Å². The first-order valence-corrected chi connectivity index (χ1v) is 5.57. The van der Waals surface area contributed by atoms with Crippen molar-refractivity contribution in [1.29, 1.82) is 0 Å². The lowest BCUT2D eigenvalue weighted by Gasteiger charge is -2.15. The highest BCUT2D eigenvalue weighted by Gasteiger charge is 2.16. The Bertz CT molecular complexity index is 370. The SMILES string of the molecule is CCC(Nc1cccc(F)c1I)C(=O)O. The molecule has 15 heavy (non-hydrogen) atoms. The molecule has 1 unspecified atom stereocenters. The van der Waals surface area contributed by atoms with Gasteiger partial charge in [0.2, 0.25) is 0 Å². The Kier molecular flexibility index (Phi) is 4.31. The number of hydrogen-bond acceptors (Lipinski definition) is 2. The van der Waals surface area contributed by atoms with Crippen molar-refractivity contribution in [3.8, 4) is 0 Å². The fourth-order valence-corrected chi connectivity index (χ4v) is 1.66. The van der Waals surface area contributed by atoms with Gasteiger partial charge in [-0.2, -0.15) is 0 Å². The molecule has 0 aromatic heterocycles. The van der Waals surface area contributed by atoms with Crippen LogP contribution < -0.4 is 5.32 Å². The van der Waals surface area contributed by atoms with E-state index >= 15 is 0 Å². The van der Waals surface area contributed by atoms with Crippen molar-refractivity contribution < 1.29 is 14.3 Å². The molecule has 0 radical (unpaired) electrons. The minimum Gasteiger partial charge on any atom is -0.480 e. The Labute approximate surface area is 101 Å². The highest BCUT2D eigenvalue weighted by atomic mass is 127. The summed E-state index contributed by atoms with van der Waals surface area (Å²) >= 11 is 1.85. The van der Waals surface area contributed by atoms with Crippen LogP contribution in [0.15, 0.2) is 18.2 Å². The summed E-state index contributed by atoms with van der Waals surface area (Å²) in [5.41, 5.74) is 0.518. The van der Waals surface area contributed by atoms with Crippen LogP contribution in [0.3, 0.4) is 0 Å². The third kappa shape index (κ3) is 3.05. The van der Waals surface area contributed by atoms with Gasteiger partial charge in [-0.05, 0) is 41.1 Å². The molecule has 0 saturated heterocycles. The fraction of sp³-hybridized carbons (Fsp3) is 0.300. The molecule has 0 saturated carbocycles. The number of rotatable bonds is 4.